The smallest absolute Gasteiger partial charge is 0.291 e. The van der Waals surface area contributed by atoms with E-state index < -0.39 is 0 Å². The highest BCUT2D eigenvalue weighted by atomic mass is 35.5. The fourth-order valence-corrected chi connectivity index (χ4v) is 2.75. The molecule has 0 radical (unpaired) electrons. The average Bonchev–Trinajstić information content (AvgIpc) is 3.14. The Balaban J connectivity index is 1.86. The van der Waals surface area contributed by atoms with Crippen LogP contribution in [0.3, 0.4) is 0 Å². The van der Waals surface area contributed by atoms with Gasteiger partial charge in [0.05, 0.1) is 19.9 Å². The topological polar surface area (TPSA) is 60.7 Å². The molecule has 1 heterocycles. The maximum absolute atomic E-state index is 12.6. The van der Waals surface area contributed by atoms with Crippen LogP contribution in [0.15, 0.2) is 52.9 Å². The second kappa shape index (κ2) is 7.54. The van der Waals surface area contributed by atoms with Gasteiger partial charge in [0.2, 0.25) is 0 Å². The Labute approximate surface area is 156 Å². The molecule has 1 aromatic heterocycles. The molecule has 0 saturated carbocycles. The van der Waals surface area contributed by atoms with Crippen LogP contribution in [0.5, 0.6) is 11.5 Å². The summed E-state index contributed by atoms with van der Waals surface area (Å²) in [6, 6.07) is 14.1. The molecule has 0 aliphatic carbocycles. The van der Waals surface area contributed by atoms with Gasteiger partial charge in [-0.05, 0) is 42.8 Å². The fraction of sp³-hybridized carbons (Fsp3) is 0.150. The van der Waals surface area contributed by atoms with Gasteiger partial charge < -0.3 is 19.2 Å². The van der Waals surface area contributed by atoms with Crippen molar-refractivity contribution in [2.45, 2.75) is 6.92 Å². The van der Waals surface area contributed by atoms with Gasteiger partial charge >= 0.3 is 0 Å². The molecule has 2 aromatic carbocycles. The normalized spacial score (nSPS) is 10.5. The second-order valence-electron chi connectivity index (χ2n) is 5.60. The summed E-state index contributed by atoms with van der Waals surface area (Å²) in [5, 5.41) is 3.42. The maximum atomic E-state index is 12.6. The predicted molar refractivity (Wildman–Crippen MR) is 101 cm³/mol. The monoisotopic (exact) mass is 371 g/mol. The number of nitrogens with one attached hydrogen (secondary N) is 1. The number of benzene rings is 2. The molecule has 0 bridgehead atoms. The van der Waals surface area contributed by atoms with Gasteiger partial charge in [0.25, 0.3) is 5.91 Å². The zero-order chi connectivity index (χ0) is 18.7. The number of methoxy groups -OCH3 is 2. The maximum Gasteiger partial charge on any atom is 0.291 e. The highest BCUT2D eigenvalue weighted by Crippen LogP contribution is 2.31. The van der Waals surface area contributed by atoms with Gasteiger partial charge in [-0.2, -0.15) is 0 Å². The van der Waals surface area contributed by atoms with Crippen molar-refractivity contribution in [1.29, 1.82) is 0 Å². The van der Waals surface area contributed by atoms with E-state index in [4.69, 9.17) is 25.5 Å². The Bertz CT molecular complexity index is 949. The molecule has 1 amide bonds. The summed E-state index contributed by atoms with van der Waals surface area (Å²) in [4.78, 5) is 12.6. The number of anilines is 1. The lowest BCUT2D eigenvalue weighted by atomic mass is 10.1. The van der Waals surface area contributed by atoms with Gasteiger partial charge in [0.1, 0.15) is 17.3 Å². The average molecular weight is 372 g/mol. The number of hydrogen-bond acceptors (Lipinski definition) is 4. The Morgan fingerprint density at radius 2 is 1.88 bits per heavy atom. The molecular formula is C20H18ClNO4. The van der Waals surface area contributed by atoms with Crippen molar-refractivity contribution < 1.29 is 18.7 Å². The van der Waals surface area contributed by atoms with Gasteiger partial charge in [0.15, 0.2) is 5.76 Å². The number of carbonyl (C=O) groups excluding carboxylic acids is 1. The fourth-order valence-electron chi connectivity index (χ4n) is 2.57. The highest BCUT2D eigenvalue weighted by Gasteiger charge is 2.16. The minimum atomic E-state index is -0.387. The largest absolute Gasteiger partial charge is 0.497 e. The molecule has 26 heavy (non-hydrogen) atoms. The Kier molecular flexibility index (Phi) is 5.19. The van der Waals surface area contributed by atoms with Gasteiger partial charge in [-0.1, -0.05) is 23.7 Å². The Morgan fingerprint density at radius 1 is 1.08 bits per heavy atom. The molecule has 0 atom stereocenters. The molecule has 134 valence electrons. The van der Waals surface area contributed by atoms with Gasteiger partial charge in [-0.25, -0.2) is 0 Å². The van der Waals surface area contributed by atoms with E-state index in [1.165, 1.54) is 7.11 Å². The molecule has 0 spiro atoms. The van der Waals surface area contributed by atoms with Crippen molar-refractivity contribution >= 4 is 23.2 Å². The summed E-state index contributed by atoms with van der Waals surface area (Å²) in [5.41, 5.74) is 2.23. The van der Waals surface area contributed by atoms with Crippen LogP contribution in [0, 0.1) is 6.92 Å². The van der Waals surface area contributed by atoms with Crippen LogP contribution in [0.2, 0.25) is 5.02 Å². The molecule has 5 nitrogen and oxygen atoms in total. The molecular weight excluding hydrogens is 354 g/mol. The highest BCUT2D eigenvalue weighted by molar-refractivity contribution is 6.31. The minimum Gasteiger partial charge on any atom is -0.497 e. The van der Waals surface area contributed by atoms with Crippen LogP contribution < -0.4 is 14.8 Å². The standard InChI is InChI=1S/C20H18ClNO4/c1-12-14(5-4-6-15(12)21)17-9-10-19(26-17)20(23)22-16-11-13(24-2)7-8-18(16)25-3/h4-11H,1-3H3,(H,22,23). The van der Waals surface area contributed by atoms with Gasteiger partial charge in [0, 0.05) is 16.7 Å². The van der Waals surface area contributed by atoms with Crippen LogP contribution >= 0.6 is 11.6 Å². The van der Waals surface area contributed by atoms with Crippen LogP contribution in [0.4, 0.5) is 5.69 Å². The van der Waals surface area contributed by atoms with Crippen molar-refractivity contribution in [3.63, 3.8) is 0 Å². The Morgan fingerprint density at radius 3 is 2.62 bits per heavy atom. The van der Waals surface area contributed by atoms with E-state index in [0.29, 0.717) is 28.0 Å². The van der Waals surface area contributed by atoms with Crippen molar-refractivity contribution in [3.8, 4) is 22.8 Å². The van der Waals surface area contributed by atoms with Crippen molar-refractivity contribution in [2.24, 2.45) is 0 Å². The molecule has 1 N–H and O–H groups in total. The molecule has 3 aromatic rings. The lowest BCUT2D eigenvalue weighted by molar-refractivity contribution is 0.0997. The first-order valence-electron chi connectivity index (χ1n) is 7.92. The van der Waals surface area contributed by atoms with E-state index in [-0.39, 0.29) is 11.7 Å². The molecule has 0 aliphatic rings. The molecule has 0 fully saturated rings. The van der Waals surface area contributed by atoms with E-state index in [1.807, 2.05) is 25.1 Å². The molecule has 0 saturated heterocycles. The summed E-state index contributed by atoms with van der Waals surface area (Å²) in [6.07, 6.45) is 0. The number of hydrogen-bond donors (Lipinski definition) is 1. The number of rotatable bonds is 5. The third kappa shape index (κ3) is 3.53. The van der Waals surface area contributed by atoms with Crippen molar-refractivity contribution in [2.75, 3.05) is 19.5 Å². The van der Waals surface area contributed by atoms with Crippen LogP contribution in [0.1, 0.15) is 16.1 Å². The van der Waals surface area contributed by atoms with Crippen LogP contribution in [-0.4, -0.2) is 20.1 Å². The third-order valence-corrected chi connectivity index (χ3v) is 4.43. The van der Waals surface area contributed by atoms with Crippen LogP contribution in [0.25, 0.3) is 11.3 Å². The summed E-state index contributed by atoms with van der Waals surface area (Å²) >= 11 is 6.16. The van der Waals surface area contributed by atoms with Gasteiger partial charge in [-0.3, -0.25) is 4.79 Å². The van der Waals surface area contributed by atoms with E-state index in [9.17, 15) is 4.79 Å². The number of furan rings is 1. The lowest BCUT2D eigenvalue weighted by Gasteiger charge is -2.11. The zero-order valence-corrected chi connectivity index (χ0v) is 15.4. The zero-order valence-electron chi connectivity index (χ0n) is 14.6. The second-order valence-corrected chi connectivity index (χ2v) is 6.00. The first kappa shape index (κ1) is 17.9. The van der Waals surface area contributed by atoms with E-state index in [2.05, 4.69) is 5.32 Å². The quantitative estimate of drug-likeness (QED) is 0.671. The predicted octanol–water partition coefficient (Wildman–Crippen LogP) is 5.18. The number of halogens is 1. The van der Waals surface area contributed by atoms with E-state index in [0.717, 1.165) is 11.1 Å². The van der Waals surface area contributed by atoms with Crippen LogP contribution in [-0.2, 0) is 0 Å². The number of amides is 1. The molecule has 0 unspecified atom stereocenters. The first-order valence-corrected chi connectivity index (χ1v) is 8.30. The number of carbonyl (C=O) groups is 1. The first-order chi connectivity index (χ1) is 12.5. The summed E-state index contributed by atoms with van der Waals surface area (Å²) in [7, 11) is 3.09. The molecule has 0 aliphatic heterocycles. The van der Waals surface area contributed by atoms with Gasteiger partial charge in [-0.15, -0.1) is 0 Å². The summed E-state index contributed by atoms with van der Waals surface area (Å²) in [5.74, 6) is 1.51. The Hall–Kier alpha value is -2.92. The van der Waals surface area contributed by atoms with Crippen molar-refractivity contribution in [3.05, 3.63) is 64.9 Å². The third-order valence-electron chi connectivity index (χ3n) is 4.02. The SMILES string of the molecule is COc1ccc(OC)c(NC(=O)c2ccc(-c3cccc(Cl)c3C)o2)c1. The van der Waals surface area contributed by atoms with Crippen molar-refractivity contribution in [1.82, 2.24) is 0 Å². The lowest BCUT2D eigenvalue weighted by Crippen LogP contribution is -2.11. The summed E-state index contributed by atoms with van der Waals surface area (Å²) in [6.45, 7) is 1.90. The van der Waals surface area contributed by atoms with E-state index >= 15 is 0 Å². The van der Waals surface area contributed by atoms with E-state index in [1.54, 1.807) is 37.4 Å². The summed E-state index contributed by atoms with van der Waals surface area (Å²) < 4.78 is 16.2. The molecule has 6 heteroatoms. The number of ether oxygens (including phenoxy) is 2. The molecule has 3 rings (SSSR count). The minimum absolute atomic E-state index is 0.184.